The summed E-state index contributed by atoms with van der Waals surface area (Å²) in [7, 11) is 1.42. The van der Waals surface area contributed by atoms with Gasteiger partial charge in [-0.25, -0.2) is 0 Å². The Bertz CT molecular complexity index is 322. The van der Waals surface area contributed by atoms with Crippen LogP contribution in [0.25, 0.3) is 0 Å². The van der Waals surface area contributed by atoms with Crippen LogP contribution in [0.1, 0.15) is 11.1 Å². The molecule has 2 nitrogen and oxygen atoms in total. The third-order valence-corrected chi connectivity index (χ3v) is 1.73. The molecule has 0 amide bonds. The number of anilines is 1. The molecule has 0 aliphatic rings. The van der Waals surface area contributed by atoms with Crippen molar-refractivity contribution in [2.75, 3.05) is 12.8 Å². The van der Waals surface area contributed by atoms with Crippen molar-refractivity contribution in [2.24, 2.45) is 0 Å². The Kier molecular flexibility index (Phi) is 3.00. The number of methoxy groups -OCH3 is 1. The number of alkyl halides is 3. The molecule has 0 atom stereocenters. The van der Waals surface area contributed by atoms with Gasteiger partial charge < -0.3 is 10.5 Å². The lowest BCUT2D eigenvalue weighted by atomic mass is 10.1. The molecular formula is C9H10F3NO. The van der Waals surface area contributed by atoms with Crippen molar-refractivity contribution >= 4 is 5.69 Å². The molecule has 78 valence electrons. The van der Waals surface area contributed by atoms with Gasteiger partial charge in [0.25, 0.3) is 0 Å². The van der Waals surface area contributed by atoms with E-state index in [0.29, 0.717) is 5.56 Å². The summed E-state index contributed by atoms with van der Waals surface area (Å²) in [5, 5.41) is 0. The largest absolute Gasteiger partial charge is 0.418 e. The minimum Gasteiger partial charge on any atom is -0.398 e. The van der Waals surface area contributed by atoms with Crippen LogP contribution in [-0.4, -0.2) is 7.11 Å². The van der Waals surface area contributed by atoms with Crippen molar-refractivity contribution in [1.82, 2.24) is 0 Å². The number of benzene rings is 1. The Labute approximate surface area is 79.5 Å². The molecule has 0 aliphatic carbocycles. The number of halogens is 3. The zero-order valence-corrected chi connectivity index (χ0v) is 7.56. The normalized spacial score (nSPS) is 11.7. The van der Waals surface area contributed by atoms with Crippen LogP contribution in [0, 0.1) is 0 Å². The molecule has 0 fully saturated rings. The molecule has 0 bridgehead atoms. The summed E-state index contributed by atoms with van der Waals surface area (Å²) in [5.74, 6) is 0. The van der Waals surface area contributed by atoms with Crippen molar-refractivity contribution in [2.45, 2.75) is 12.8 Å². The van der Waals surface area contributed by atoms with Gasteiger partial charge in [-0.3, -0.25) is 0 Å². The molecule has 0 heterocycles. The first-order valence-corrected chi connectivity index (χ1v) is 3.89. The maximum Gasteiger partial charge on any atom is 0.418 e. The van der Waals surface area contributed by atoms with Gasteiger partial charge in [-0.15, -0.1) is 0 Å². The Morgan fingerprint density at radius 3 is 2.50 bits per heavy atom. The number of nitrogens with two attached hydrogens (primary N) is 1. The zero-order chi connectivity index (χ0) is 10.8. The van der Waals surface area contributed by atoms with Gasteiger partial charge in [0.2, 0.25) is 0 Å². The van der Waals surface area contributed by atoms with Gasteiger partial charge in [-0.05, 0) is 17.7 Å². The van der Waals surface area contributed by atoms with Crippen molar-refractivity contribution in [1.29, 1.82) is 0 Å². The third-order valence-electron chi connectivity index (χ3n) is 1.73. The van der Waals surface area contributed by atoms with Gasteiger partial charge in [0.05, 0.1) is 12.2 Å². The summed E-state index contributed by atoms with van der Waals surface area (Å²) < 4.78 is 41.8. The molecule has 5 heteroatoms. The molecule has 0 saturated carbocycles. The first kappa shape index (κ1) is 10.8. The van der Waals surface area contributed by atoms with Crippen LogP contribution in [0.4, 0.5) is 18.9 Å². The SMILES string of the molecule is COCc1ccc(N)c(C(F)(F)F)c1. The molecule has 1 aromatic rings. The van der Waals surface area contributed by atoms with Crippen LogP contribution >= 0.6 is 0 Å². The Morgan fingerprint density at radius 1 is 1.36 bits per heavy atom. The van der Waals surface area contributed by atoms with E-state index in [-0.39, 0.29) is 12.3 Å². The Hall–Kier alpha value is -1.23. The maximum absolute atomic E-state index is 12.3. The molecule has 0 unspecified atom stereocenters. The fourth-order valence-electron chi connectivity index (χ4n) is 1.11. The Balaban J connectivity index is 3.09. The quantitative estimate of drug-likeness (QED) is 0.752. The average molecular weight is 205 g/mol. The van der Waals surface area contributed by atoms with E-state index in [4.69, 9.17) is 10.5 Å². The van der Waals surface area contributed by atoms with Gasteiger partial charge in [-0.1, -0.05) is 6.07 Å². The molecule has 2 N–H and O–H groups in total. The van der Waals surface area contributed by atoms with Crippen LogP contribution in [0.2, 0.25) is 0 Å². The van der Waals surface area contributed by atoms with Crippen LogP contribution in [0.3, 0.4) is 0 Å². The fourth-order valence-corrected chi connectivity index (χ4v) is 1.11. The molecule has 0 aliphatic heterocycles. The van der Waals surface area contributed by atoms with Crippen LogP contribution in [0.5, 0.6) is 0 Å². The van der Waals surface area contributed by atoms with Gasteiger partial charge in [-0.2, -0.15) is 13.2 Å². The van der Waals surface area contributed by atoms with E-state index < -0.39 is 11.7 Å². The molecule has 0 spiro atoms. The number of ether oxygens (including phenoxy) is 1. The number of hydrogen-bond donors (Lipinski definition) is 1. The van der Waals surface area contributed by atoms with E-state index in [1.54, 1.807) is 0 Å². The van der Waals surface area contributed by atoms with Crippen LogP contribution in [0.15, 0.2) is 18.2 Å². The molecule has 1 aromatic carbocycles. The average Bonchev–Trinajstić information content (AvgIpc) is 2.07. The fraction of sp³-hybridized carbons (Fsp3) is 0.333. The summed E-state index contributed by atoms with van der Waals surface area (Å²) in [4.78, 5) is 0. The van der Waals surface area contributed by atoms with Gasteiger partial charge in [0.1, 0.15) is 0 Å². The van der Waals surface area contributed by atoms with Crippen molar-refractivity contribution in [3.8, 4) is 0 Å². The summed E-state index contributed by atoms with van der Waals surface area (Å²) in [6, 6.07) is 3.74. The van der Waals surface area contributed by atoms with Gasteiger partial charge in [0, 0.05) is 12.8 Å². The highest BCUT2D eigenvalue weighted by Crippen LogP contribution is 2.33. The standard InChI is InChI=1S/C9H10F3NO/c1-14-5-6-2-3-8(13)7(4-6)9(10,11)12/h2-4H,5,13H2,1H3. The summed E-state index contributed by atoms with van der Waals surface area (Å²) in [6.07, 6.45) is -4.41. The highest BCUT2D eigenvalue weighted by Gasteiger charge is 2.32. The lowest BCUT2D eigenvalue weighted by Crippen LogP contribution is -2.09. The predicted molar refractivity (Wildman–Crippen MR) is 46.6 cm³/mol. The van der Waals surface area contributed by atoms with Crippen LogP contribution in [-0.2, 0) is 17.5 Å². The molecule has 0 saturated heterocycles. The topological polar surface area (TPSA) is 35.2 Å². The van der Waals surface area contributed by atoms with Gasteiger partial charge >= 0.3 is 6.18 Å². The van der Waals surface area contributed by atoms with E-state index in [0.717, 1.165) is 6.07 Å². The van der Waals surface area contributed by atoms with Crippen molar-refractivity contribution < 1.29 is 17.9 Å². The van der Waals surface area contributed by atoms with Crippen molar-refractivity contribution in [3.05, 3.63) is 29.3 Å². The van der Waals surface area contributed by atoms with E-state index in [1.807, 2.05) is 0 Å². The van der Waals surface area contributed by atoms with E-state index in [9.17, 15) is 13.2 Å². The van der Waals surface area contributed by atoms with E-state index >= 15 is 0 Å². The number of rotatable bonds is 2. The Morgan fingerprint density at radius 2 is 2.00 bits per heavy atom. The zero-order valence-electron chi connectivity index (χ0n) is 7.56. The van der Waals surface area contributed by atoms with Gasteiger partial charge in [0.15, 0.2) is 0 Å². The minimum atomic E-state index is -4.41. The summed E-state index contributed by atoms with van der Waals surface area (Å²) >= 11 is 0. The molecular weight excluding hydrogens is 195 g/mol. The number of nitrogen functional groups attached to an aromatic ring is 1. The van der Waals surface area contributed by atoms with E-state index in [2.05, 4.69) is 0 Å². The second kappa shape index (κ2) is 3.88. The predicted octanol–water partition coefficient (Wildman–Crippen LogP) is 2.43. The first-order chi connectivity index (χ1) is 6.45. The van der Waals surface area contributed by atoms with Crippen LogP contribution < -0.4 is 5.73 Å². The summed E-state index contributed by atoms with van der Waals surface area (Å²) in [5.41, 5.74) is 4.58. The lowest BCUT2D eigenvalue weighted by Gasteiger charge is -2.11. The molecule has 0 aromatic heterocycles. The molecule has 0 radical (unpaired) electrons. The smallest absolute Gasteiger partial charge is 0.398 e. The van der Waals surface area contributed by atoms with E-state index in [1.165, 1.54) is 19.2 Å². The second-order valence-electron chi connectivity index (χ2n) is 2.85. The number of hydrogen-bond acceptors (Lipinski definition) is 2. The second-order valence-corrected chi connectivity index (χ2v) is 2.85. The lowest BCUT2D eigenvalue weighted by molar-refractivity contribution is -0.137. The highest BCUT2D eigenvalue weighted by molar-refractivity contribution is 5.50. The molecule has 14 heavy (non-hydrogen) atoms. The highest BCUT2D eigenvalue weighted by atomic mass is 19.4. The maximum atomic E-state index is 12.3. The summed E-state index contributed by atoms with van der Waals surface area (Å²) in [6.45, 7) is 0.142. The third kappa shape index (κ3) is 2.38. The first-order valence-electron chi connectivity index (χ1n) is 3.89. The minimum absolute atomic E-state index is 0.142. The monoisotopic (exact) mass is 205 g/mol. The molecule has 1 rings (SSSR count). The van der Waals surface area contributed by atoms with Crippen molar-refractivity contribution in [3.63, 3.8) is 0 Å².